The zero-order valence-electron chi connectivity index (χ0n) is 21.0. The molecule has 0 saturated carbocycles. The van der Waals surface area contributed by atoms with E-state index in [-0.39, 0.29) is 18.7 Å². The highest BCUT2D eigenvalue weighted by Gasteiger charge is 2.36. The van der Waals surface area contributed by atoms with Crippen LogP contribution in [0.5, 0.6) is 17.2 Å². The topological polar surface area (TPSA) is 94.2 Å². The molecule has 1 aliphatic rings. The molecule has 4 amide bonds. The van der Waals surface area contributed by atoms with Crippen LogP contribution in [0.15, 0.2) is 72.3 Å². The van der Waals surface area contributed by atoms with E-state index in [0.717, 1.165) is 16.9 Å². The van der Waals surface area contributed by atoms with Gasteiger partial charge in [-0.15, -0.1) is 0 Å². The van der Waals surface area contributed by atoms with Gasteiger partial charge in [-0.05, 0) is 54.0 Å². The molecular weight excluding hydrogens is 508 g/mol. The molecule has 8 nitrogen and oxygen atoms in total. The molecule has 9 heteroatoms. The third-order valence-corrected chi connectivity index (χ3v) is 5.95. The lowest BCUT2D eigenvalue weighted by molar-refractivity contribution is -0.130. The molecule has 38 heavy (non-hydrogen) atoms. The van der Waals surface area contributed by atoms with Crippen LogP contribution in [-0.4, -0.2) is 36.5 Å². The van der Waals surface area contributed by atoms with Crippen molar-refractivity contribution in [2.45, 2.75) is 26.5 Å². The number of nitrogens with one attached hydrogen (secondary N) is 1. The van der Waals surface area contributed by atoms with E-state index >= 15 is 0 Å². The average Bonchev–Trinajstić information content (AvgIpc) is 2.92. The van der Waals surface area contributed by atoms with Crippen molar-refractivity contribution in [3.05, 3.63) is 94.0 Å². The van der Waals surface area contributed by atoms with Gasteiger partial charge in [-0.1, -0.05) is 54.9 Å². The Morgan fingerprint density at radius 2 is 1.71 bits per heavy atom. The van der Waals surface area contributed by atoms with E-state index in [1.165, 1.54) is 13.2 Å². The largest absolute Gasteiger partial charge is 0.493 e. The zero-order valence-corrected chi connectivity index (χ0v) is 21.8. The molecule has 0 atom stereocenters. The highest BCUT2D eigenvalue weighted by molar-refractivity contribution is 6.31. The number of imide groups is 2. The van der Waals surface area contributed by atoms with Gasteiger partial charge in [0.15, 0.2) is 11.5 Å². The van der Waals surface area contributed by atoms with E-state index < -0.39 is 17.8 Å². The predicted octanol–water partition coefficient (Wildman–Crippen LogP) is 5.38. The van der Waals surface area contributed by atoms with Crippen molar-refractivity contribution in [1.29, 1.82) is 0 Å². The average molecular weight is 535 g/mol. The summed E-state index contributed by atoms with van der Waals surface area (Å²) in [5, 5.41) is 2.84. The van der Waals surface area contributed by atoms with Crippen molar-refractivity contribution in [2.75, 3.05) is 13.7 Å². The summed E-state index contributed by atoms with van der Waals surface area (Å²) in [4.78, 5) is 39.5. The maximum atomic E-state index is 13.3. The number of nitrogens with zero attached hydrogens (tertiary/aromatic N) is 1. The highest BCUT2D eigenvalue weighted by atomic mass is 35.5. The van der Waals surface area contributed by atoms with Gasteiger partial charge in [0.2, 0.25) is 0 Å². The first-order valence-corrected chi connectivity index (χ1v) is 12.4. The lowest BCUT2D eigenvalue weighted by Crippen LogP contribution is -2.53. The van der Waals surface area contributed by atoms with Gasteiger partial charge in [0.1, 0.15) is 17.9 Å². The minimum atomic E-state index is -0.798. The van der Waals surface area contributed by atoms with Crippen molar-refractivity contribution in [2.24, 2.45) is 0 Å². The fraction of sp³-hybridized carbons (Fsp3) is 0.207. The summed E-state index contributed by atoms with van der Waals surface area (Å²) >= 11 is 6.05. The van der Waals surface area contributed by atoms with Crippen LogP contribution < -0.4 is 19.5 Å². The quantitative estimate of drug-likeness (QED) is 0.277. The number of para-hydroxylation sites is 1. The SMILES string of the molecule is CCCOc1ccc(CN2C(=O)NC(=O)/C(=C\c3ccccc3OCc3cccc(Cl)c3)C2=O)cc1OC. The summed E-state index contributed by atoms with van der Waals surface area (Å²) in [5.41, 5.74) is 1.83. The molecule has 0 bridgehead atoms. The lowest BCUT2D eigenvalue weighted by atomic mass is 10.1. The molecule has 1 aliphatic heterocycles. The van der Waals surface area contributed by atoms with E-state index in [1.54, 1.807) is 54.6 Å². The van der Waals surface area contributed by atoms with E-state index in [0.29, 0.717) is 40.0 Å². The molecule has 1 saturated heterocycles. The third-order valence-electron chi connectivity index (χ3n) is 5.72. The van der Waals surface area contributed by atoms with Gasteiger partial charge in [0.25, 0.3) is 11.8 Å². The van der Waals surface area contributed by atoms with E-state index in [4.69, 9.17) is 25.8 Å². The first-order valence-electron chi connectivity index (χ1n) is 12.0. The summed E-state index contributed by atoms with van der Waals surface area (Å²) < 4.78 is 17.0. The fourth-order valence-electron chi connectivity index (χ4n) is 3.84. The monoisotopic (exact) mass is 534 g/mol. The molecule has 0 aliphatic carbocycles. The Kier molecular flexibility index (Phi) is 8.66. The summed E-state index contributed by atoms with van der Waals surface area (Å²) in [7, 11) is 1.52. The Labute approximate surface area is 225 Å². The first-order chi connectivity index (χ1) is 18.4. The second-order valence-corrected chi connectivity index (χ2v) is 8.94. The van der Waals surface area contributed by atoms with Crippen LogP contribution in [0.2, 0.25) is 5.02 Å². The molecular formula is C29H27ClN2O6. The zero-order chi connectivity index (χ0) is 27.1. The van der Waals surface area contributed by atoms with Crippen LogP contribution in [0.3, 0.4) is 0 Å². The van der Waals surface area contributed by atoms with Crippen LogP contribution >= 0.6 is 11.6 Å². The number of hydrogen-bond acceptors (Lipinski definition) is 6. The minimum Gasteiger partial charge on any atom is -0.493 e. The molecule has 0 radical (unpaired) electrons. The number of methoxy groups -OCH3 is 1. The number of ether oxygens (including phenoxy) is 3. The molecule has 4 rings (SSSR count). The lowest BCUT2D eigenvalue weighted by Gasteiger charge is -2.26. The van der Waals surface area contributed by atoms with Gasteiger partial charge in [0, 0.05) is 10.6 Å². The van der Waals surface area contributed by atoms with Crippen molar-refractivity contribution < 1.29 is 28.6 Å². The highest BCUT2D eigenvalue weighted by Crippen LogP contribution is 2.30. The molecule has 3 aromatic carbocycles. The van der Waals surface area contributed by atoms with Crippen LogP contribution in [0.4, 0.5) is 4.79 Å². The summed E-state index contributed by atoms with van der Waals surface area (Å²) in [6.45, 7) is 2.71. The number of barbiturate groups is 1. The number of rotatable bonds is 10. The number of halogens is 1. The molecule has 0 unspecified atom stereocenters. The first kappa shape index (κ1) is 26.8. The summed E-state index contributed by atoms with van der Waals surface area (Å²) in [5.74, 6) is 0.0305. The van der Waals surface area contributed by atoms with Gasteiger partial charge >= 0.3 is 6.03 Å². The Bertz CT molecular complexity index is 1390. The number of carbonyl (C=O) groups is 3. The molecule has 196 valence electrons. The Balaban J connectivity index is 1.56. The fourth-order valence-corrected chi connectivity index (χ4v) is 4.05. The Morgan fingerprint density at radius 3 is 2.47 bits per heavy atom. The van der Waals surface area contributed by atoms with Gasteiger partial charge in [-0.25, -0.2) is 4.79 Å². The standard InChI is InChI=1S/C29H27ClN2O6/c1-3-13-37-25-12-11-19(15-26(25)36-2)17-32-28(34)23(27(33)31-29(32)35)16-21-8-4-5-10-24(21)38-18-20-7-6-9-22(30)14-20/h4-12,14-16H,3,13,17-18H2,1-2H3,(H,31,33,35)/b23-16+. The van der Waals surface area contributed by atoms with E-state index in [2.05, 4.69) is 5.32 Å². The molecule has 0 spiro atoms. The smallest absolute Gasteiger partial charge is 0.331 e. The summed E-state index contributed by atoms with van der Waals surface area (Å²) in [6, 6.07) is 18.7. The van der Waals surface area contributed by atoms with E-state index in [1.807, 2.05) is 19.1 Å². The third kappa shape index (κ3) is 6.33. The second-order valence-electron chi connectivity index (χ2n) is 8.50. The van der Waals surface area contributed by atoms with Crippen LogP contribution in [-0.2, 0) is 22.7 Å². The number of benzene rings is 3. The number of urea groups is 1. The predicted molar refractivity (Wildman–Crippen MR) is 143 cm³/mol. The van der Waals surface area contributed by atoms with Crippen LogP contribution in [0, 0.1) is 0 Å². The van der Waals surface area contributed by atoms with Crippen LogP contribution in [0.25, 0.3) is 6.08 Å². The van der Waals surface area contributed by atoms with E-state index in [9.17, 15) is 14.4 Å². The van der Waals surface area contributed by atoms with Gasteiger partial charge in [-0.2, -0.15) is 0 Å². The second kappa shape index (κ2) is 12.3. The molecule has 1 fully saturated rings. The Hall–Kier alpha value is -4.30. The number of hydrogen-bond donors (Lipinski definition) is 1. The van der Waals surface area contributed by atoms with Gasteiger partial charge in [-0.3, -0.25) is 19.8 Å². The van der Waals surface area contributed by atoms with Crippen LogP contribution in [0.1, 0.15) is 30.0 Å². The van der Waals surface area contributed by atoms with Crippen molar-refractivity contribution in [3.63, 3.8) is 0 Å². The maximum Gasteiger partial charge on any atom is 0.331 e. The van der Waals surface area contributed by atoms with Crippen molar-refractivity contribution >= 4 is 35.5 Å². The van der Waals surface area contributed by atoms with Crippen molar-refractivity contribution in [1.82, 2.24) is 10.2 Å². The van der Waals surface area contributed by atoms with Gasteiger partial charge in [0.05, 0.1) is 20.3 Å². The Morgan fingerprint density at radius 1 is 0.895 bits per heavy atom. The summed E-state index contributed by atoms with van der Waals surface area (Å²) in [6.07, 6.45) is 2.26. The number of amides is 4. The molecule has 3 aromatic rings. The molecule has 0 aromatic heterocycles. The molecule has 1 heterocycles. The number of carbonyl (C=O) groups excluding carboxylic acids is 3. The van der Waals surface area contributed by atoms with Crippen molar-refractivity contribution in [3.8, 4) is 17.2 Å². The molecule has 1 N–H and O–H groups in total. The van der Waals surface area contributed by atoms with Gasteiger partial charge < -0.3 is 14.2 Å². The normalized spacial score (nSPS) is 14.4. The minimum absolute atomic E-state index is 0.0629. The maximum absolute atomic E-state index is 13.3.